The molecule has 1 heterocycles. The van der Waals surface area contributed by atoms with Gasteiger partial charge in [0.05, 0.1) is 5.25 Å². The van der Waals surface area contributed by atoms with Crippen molar-refractivity contribution in [3.8, 4) is 0 Å². The molecule has 1 saturated heterocycles. The number of unbranched alkanes of at least 4 members (excludes halogenated alkanes) is 1. The van der Waals surface area contributed by atoms with Gasteiger partial charge in [0.1, 0.15) is 0 Å². The first-order chi connectivity index (χ1) is 6.47. The number of rotatable bonds is 5. The van der Waals surface area contributed by atoms with Crippen molar-refractivity contribution in [1.29, 1.82) is 0 Å². The maximum atomic E-state index is 11.4. The third-order valence-electron chi connectivity index (χ3n) is 2.74. The highest BCUT2D eigenvalue weighted by molar-refractivity contribution is 7.91. The largest absolute Gasteiger partial charge is 0.216 e. The second kappa shape index (κ2) is 4.62. The maximum Gasteiger partial charge on any atom is 0.216 e. The third-order valence-corrected chi connectivity index (χ3v) is 4.68. The summed E-state index contributed by atoms with van der Waals surface area (Å²) in [4.78, 5) is 0. The van der Waals surface area contributed by atoms with E-state index in [0.717, 1.165) is 25.7 Å². The summed E-state index contributed by atoms with van der Waals surface area (Å²) in [6.45, 7) is 6.28. The van der Waals surface area contributed by atoms with Crippen LogP contribution in [0.1, 0.15) is 46.5 Å². The first-order valence-corrected chi connectivity index (χ1v) is 7.03. The molecule has 1 fully saturated rings. The molecule has 0 aromatic carbocycles. The van der Waals surface area contributed by atoms with Crippen LogP contribution in [0.25, 0.3) is 0 Å². The van der Waals surface area contributed by atoms with Crippen molar-refractivity contribution in [1.82, 2.24) is 4.72 Å². The van der Waals surface area contributed by atoms with Crippen molar-refractivity contribution in [2.75, 3.05) is 0 Å². The van der Waals surface area contributed by atoms with Crippen LogP contribution in [-0.4, -0.2) is 19.7 Å². The van der Waals surface area contributed by atoms with Crippen LogP contribution < -0.4 is 4.72 Å². The van der Waals surface area contributed by atoms with Crippen molar-refractivity contribution >= 4 is 10.0 Å². The fourth-order valence-electron chi connectivity index (χ4n) is 1.94. The second-order valence-electron chi connectivity index (χ2n) is 4.58. The van der Waals surface area contributed by atoms with Gasteiger partial charge in [0.15, 0.2) is 0 Å². The Bertz CT molecular complexity index is 272. The van der Waals surface area contributed by atoms with Gasteiger partial charge in [0, 0.05) is 6.04 Å². The Morgan fingerprint density at radius 3 is 2.43 bits per heavy atom. The van der Waals surface area contributed by atoms with E-state index >= 15 is 0 Å². The van der Waals surface area contributed by atoms with E-state index in [9.17, 15) is 8.42 Å². The molecule has 84 valence electrons. The lowest BCUT2D eigenvalue weighted by atomic mass is 9.99. The summed E-state index contributed by atoms with van der Waals surface area (Å²) in [5, 5.41) is -0.131. The molecule has 0 aromatic heterocycles. The maximum absolute atomic E-state index is 11.4. The van der Waals surface area contributed by atoms with Gasteiger partial charge in [-0.05, 0) is 18.8 Å². The molecule has 0 amide bonds. The van der Waals surface area contributed by atoms with Crippen LogP contribution >= 0.6 is 0 Å². The van der Waals surface area contributed by atoms with E-state index in [0.29, 0.717) is 5.92 Å². The molecule has 0 radical (unpaired) electrons. The molecule has 14 heavy (non-hydrogen) atoms. The number of nitrogens with one attached hydrogen (secondary N) is 1. The summed E-state index contributed by atoms with van der Waals surface area (Å²) < 4.78 is 25.5. The zero-order chi connectivity index (χ0) is 10.8. The highest BCUT2D eigenvalue weighted by Gasteiger charge is 2.44. The van der Waals surface area contributed by atoms with E-state index in [4.69, 9.17) is 0 Å². The lowest BCUT2D eigenvalue weighted by molar-refractivity contribution is 0.383. The Balaban J connectivity index is 2.48. The van der Waals surface area contributed by atoms with Crippen molar-refractivity contribution in [3.05, 3.63) is 0 Å². The molecule has 0 aliphatic carbocycles. The first-order valence-electron chi connectivity index (χ1n) is 5.48. The minimum atomic E-state index is -2.95. The predicted octanol–water partition coefficient (Wildman–Crippen LogP) is 1.89. The van der Waals surface area contributed by atoms with Crippen LogP contribution in [0.2, 0.25) is 0 Å². The molecular formula is C10H21NO2S. The Hall–Kier alpha value is -0.0900. The molecule has 0 saturated carbocycles. The van der Waals surface area contributed by atoms with Crippen molar-refractivity contribution in [2.24, 2.45) is 5.92 Å². The van der Waals surface area contributed by atoms with Gasteiger partial charge in [-0.1, -0.05) is 33.6 Å². The molecule has 3 nitrogen and oxygen atoms in total. The Morgan fingerprint density at radius 2 is 2.00 bits per heavy atom. The van der Waals surface area contributed by atoms with E-state index in [-0.39, 0.29) is 11.3 Å². The molecule has 4 heteroatoms. The minimum absolute atomic E-state index is 0.131. The molecule has 1 aliphatic heterocycles. The van der Waals surface area contributed by atoms with E-state index in [1.165, 1.54) is 0 Å². The van der Waals surface area contributed by atoms with Crippen LogP contribution in [0.5, 0.6) is 0 Å². The standard InChI is InChI=1S/C10H21NO2S/c1-4-5-6-9-10(7-8(2)3)14(12,13)11-9/h8-11H,4-7H2,1-3H3/t9-,10+/m1/s1. The van der Waals surface area contributed by atoms with Crippen LogP contribution in [-0.2, 0) is 10.0 Å². The molecule has 0 spiro atoms. The summed E-state index contributed by atoms with van der Waals surface area (Å²) in [5.41, 5.74) is 0. The van der Waals surface area contributed by atoms with Gasteiger partial charge >= 0.3 is 0 Å². The zero-order valence-electron chi connectivity index (χ0n) is 9.29. The summed E-state index contributed by atoms with van der Waals surface area (Å²) in [7, 11) is -2.95. The Labute approximate surface area is 87.3 Å². The highest BCUT2D eigenvalue weighted by atomic mass is 32.2. The SMILES string of the molecule is CCCC[C@H]1NS(=O)(=O)[C@H]1CC(C)C. The van der Waals surface area contributed by atoms with Crippen molar-refractivity contribution in [2.45, 2.75) is 57.7 Å². The molecule has 0 unspecified atom stereocenters. The van der Waals surface area contributed by atoms with Gasteiger partial charge in [-0.15, -0.1) is 0 Å². The van der Waals surface area contributed by atoms with Gasteiger partial charge < -0.3 is 0 Å². The zero-order valence-corrected chi connectivity index (χ0v) is 10.1. The fraction of sp³-hybridized carbons (Fsp3) is 1.00. The lowest BCUT2D eigenvalue weighted by Crippen LogP contribution is -2.61. The van der Waals surface area contributed by atoms with E-state index in [1.54, 1.807) is 0 Å². The van der Waals surface area contributed by atoms with Crippen LogP contribution in [0, 0.1) is 5.92 Å². The average Bonchev–Trinajstić information content (AvgIpc) is 2.08. The topological polar surface area (TPSA) is 46.2 Å². The number of hydrogen-bond acceptors (Lipinski definition) is 2. The Kier molecular flexibility index (Phi) is 3.95. The molecule has 1 N–H and O–H groups in total. The molecule has 0 aromatic rings. The lowest BCUT2D eigenvalue weighted by Gasteiger charge is -2.38. The number of sulfonamides is 1. The predicted molar refractivity (Wildman–Crippen MR) is 58.6 cm³/mol. The van der Waals surface area contributed by atoms with E-state index < -0.39 is 10.0 Å². The van der Waals surface area contributed by atoms with Crippen molar-refractivity contribution < 1.29 is 8.42 Å². The molecule has 0 bridgehead atoms. The smallest absolute Gasteiger partial charge is 0.212 e. The van der Waals surface area contributed by atoms with Gasteiger partial charge in [0.25, 0.3) is 0 Å². The van der Waals surface area contributed by atoms with Gasteiger partial charge in [-0.25, -0.2) is 13.1 Å². The molecule has 1 rings (SSSR count). The van der Waals surface area contributed by atoms with Crippen LogP contribution in [0.3, 0.4) is 0 Å². The highest BCUT2D eigenvalue weighted by Crippen LogP contribution is 2.27. The summed E-state index contributed by atoms with van der Waals surface area (Å²) in [6.07, 6.45) is 4.03. The Morgan fingerprint density at radius 1 is 1.36 bits per heavy atom. The van der Waals surface area contributed by atoms with E-state index in [1.807, 2.05) is 0 Å². The third kappa shape index (κ3) is 2.70. The quantitative estimate of drug-likeness (QED) is 0.767. The normalized spacial score (nSPS) is 30.3. The molecule has 1 aliphatic rings. The van der Waals surface area contributed by atoms with Gasteiger partial charge in [-0.2, -0.15) is 0 Å². The molecule has 2 atom stereocenters. The summed E-state index contributed by atoms with van der Waals surface area (Å²) in [5.74, 6) is 0.459. The monoisotopic (exact) mass is 219 g/mol. The minimum Gasteiger partial charge on any atom is -0.212 e. The molecular weight excluding hydrogens is 198 g/mol. The fourth-order valence-corrected chi connectivity index (χ4v) is 3.87. The van der Waals surface area contributed by atoms with E-state index in [2.05, 4.69) is 25.5 Å². The van der Waals surface area contributed by atoms with Gasteiger partial charge in [0.2, 0.25) is 10.0 Å². The van der Waals surface area contributed by atoms with Crippen LogP contribution in [0.4, 0.5) is 0 Å². The summed E-state index contributed by atoms with van der Waals surface area (Å²) in [6, 6.07) is 0.211. The number of hydrogen-bond donors (Lipinski definition) is 1. The summed E-state index contributed by atoms with van der Waals surface area (Å²) >= 11 is 0. The van der Waals surface area contributed by atoms with Gasteiger partial charge in [-0.3, -0.25) is 0 Å². The van der Waals surface area contributed by atoms with Crippen LogP contribution in [0.15, 0.2) is 0 Å². The first kappa shape index (κ1) is 12.0. The second-order valence-corrected chi connectivity index (χ2v) is 6.51. The average molecular weight is 219 g/mol. The van der Waals surface area contributed by atoms with Crippen molar-refractivity contribution in [3.63, 3.8) is 0 Å².